The van der Waals surface area contributed by atoms with Crippen molar-refractivity contribution in [2.45, 2.75) is 25.9 Å². The Balaban J connectivity index is 1.38. The summed E-state index contributed by atoms with van der Waals surface area (Å²) < 4.78 is 28.7. The lowest BCUT2D eigenvalue weighted by Crippen LogP contribution is -2.45. The summed E-state index contributed by atoms with van der Waals surface area (Å²) in [6, 6.07) is 15.7. The van der Waals surface area contributed by atoms with Crippen LogP contribution < -0.4 is 15.4 Å². The molecule has 1 heterocycles. The van der Waals surface area contributed by atoms with E-state index in [1.54, 1.807) is 12.1 Å². The largest absolute Gasteiger partial charge is 0.435 e. The van der Waals surface area contributed by atoms with Crippen LogP contribution in [0.4, 0.5) is 14.5 Å². The van der Waals surface area contributed by atoms with Crippen molar-refractivity contribution in [1.82, 2.24) is 10.2 Å². The Morgan fingerprint density at radius 1 is 1.10 bits per heavy atom. The molecule has 0 bridgehead atoms. The van der Waals surface area contributed by atoms with Gasteiger partial charge in [-0.05, 0) is 55.6 Å². The van der Waals surface area contributed by atoms with Crippen LogP contribution in [0.5, 0.6) is 5.75 Å². The van der Waals surface area contributed by atoms with Crippen LogP contribution in [0.2, 0.25) is 0 Å². The lowest BCUT2D eigenvalue weighted by molar-refractivity contribution is -0.125. The van der Waals surface area contributed by atoms with E-state index in [-0.39, 0.29) is 30.0 Å². The molecule has 166 valence electrons. The van der Waals surface area contributed by atoms with Gasteiger partial charge in [-0.1, -0.05) is 30.3 Å². The average molecular weight is 431 g/mol. The first-order valence-corrected chi connectivity index (χ1v) is 10.4. The number of alkyl halides is 2. The molecule has 1 aliphatic rings. The van der Waals surface area contributed by atoms with E-state index in [0.29, 0.717) is 19.5 Å². The van der Waals surface area contributed by atoms with Crippen molar-refractivity contribution < 1.29 is 23.1 Å². The number of hydrogen-bond donors (Lipinski definition) is 2. The number of nitrogens with one attached hydrogen (secondary N) is 2. The van der Waals surface area contributed by atoms with E-state index >= 15 is 0 Å². The van der Waals surface area contributed by atoms with E-state index in [2.05, 4.69) is 15.4 Å². The molecule has 2 aromatic carbocycles. The number of hydrogen-bond acceptors (Lipinski definition) is 4. The summed E-state index contributed by atoms with van der Waals surface area (Å²) in [6.45, 7) is -0.814. The standard InChI is InChI=1S/C23H27F2N3O3/c24-23(25)31-20-10-8-17(9-11-20)12-13-26-21(29)16-28-14-4-5-18(15-28)22(30)27-19-6-2-1-3-7-19/h1-3,6-11,18,23H,4-5,12-16H2,(H,26,29)(H,27,30). The van der Waals surface area contributed by atoms with Crippen molar-refractivity contribution in [1.29, 1.82) is 0 Å². The fourth-order valence-corrected chi connectivity index (χ4v) is 3.62. The van der Waals surface area contributed by atoms with E-state index in [0.717, 1.165) is 30.6 Å². The number of ether oxygens (including phenoxy) is 1. The summed E-state index contributed by atoms with van der Waals surface area (Å²) in [6.07, 6.45) is 2.26. The highest BCUT2D eigenvalue weighted by Crippen LogP contribution is 2.19. The summed E-state index contributed by atoms with van der Waals surface area (Å²) >= 11 is 0. The second-order valence-electron chi connectivity index (χ2n) is 7.55. The molecule has 0 aromatic heterocycles. The zero-order valence-electron chi connectivity index (χ0n) is 17.2. The monoisotopic (exact) mass is 431 g/mol. The number of rotatable bonds is 9. The molecule has 3 rings (SSSR count). The maximum Gasteiger partial charge on any atom is 0.387 e. The van der Waals surface area contributed by atoms with Gasteiger partial charge < -0.3 is 15.4 Å². The summed E-state index contributed by atoms with van der Waals surface area (Å²) in [7, 11) is 0. The van der Waals surface area contributed by atoms with Gasteiger partial charge in [-0.25, -0.2) is 0 Å². The second-order valence-corrected chi connectivity index (χ2v) is 7.55. The number of likely N-dealkylation sites (tertiary alicyclic amines) is 1. The highest BCUT2D eigenvalue weighted by atomic mass is 19.3. The van der Waals surface area contributed by atoms with Gasteiger partial charge in [0.15, 0.2) is 0 Å². The van der Waals surface area contributed by atoms with Gasteiger partial charge in [-0.2, -0.15) is 8.78 Å². The van der Waals surface area contributed by atoms with E-state index in [9.17, 15) is 18.4 Å². The van der Waals surface area contributed by atoms with Crippen LogP contribution in [0, 0.1) is 5.92 Å². The average Bonchev–Trinajstić information content (AvgIpc) is 2.75. The van der Waals surface area contributed by atoms with E-state index < -0.39 is 6.61 Å². The molecule has 0 spiro atoms. The predicted octanol–water partition coefficient (Wildman–Crippen LogP) is 3.30. The second kappa shape index (κ2) is 11.4. The van der Waals surface area contributed by atoms with Crippen LogP contribution in [0.25, 0.3) is 0 Å². The van der Waals surface area contributed by atoms with Crippen LogP contribution in [-0.4, -0.2) is 49.5 Å². The fourth-order valence-electron chi connectivity index (χ4n) is 3.62. The number of carbonyl (C=O) groups excluding carboxylic acids is 2. The molecule has 0 radical (unpaired) electrons. The van der Waals surface area contributed by atoms with E-state index in [1.165, 1.54) is 12.1 Å². The van der Waals surface area contributed by atoms with Crippen molar-refractivity contribution in [3.05, 3.63) is 60.2 Å². The van der Waals surface area contributed by atoms with Crippen LogP contribution >= 0.6 is 0 Å². The molecule has 1 atom stereocenters. The smallest absolute Gasteiger partial charge is 0.387 e. The molecule has 31 heavy (non-hydrogen) atoms. The van der Waals surface area contributed by atoms with Crippen molar-refractivity contribution >= 4 is 17.5 Å². The van der Waals surface area contributed by atoms with Gasteiger partial charge in [0.1, 0.15) is 5.75 Å². The first-order valence-electron chi connectivity index (χ1n) is 10.4. The lowest BCUT2D eigenvalue weighted by Gasteiger charge is -2.31. The molecule has 8 heteroatoms. The zero-order chi connectivity index (χ0) is 22.1. The van der Waals surface area contributed by atoms with Crippen molar-refractivity contribution in [3.8, 4) is 5.75 Å². The van der Waals surface area contributed by atoms with Crippen molar-refractivity contribution in [2.75, 3.05) is 31.5 Å². The van der Waals surface area contributed by atoms with Crippen LogP contribution in [0.15, 0.2) is 54.6 Å². The van der Waals surface area contributed by atoms with Gasteiger partial charge in [-0.3, -0.25) is 14.5 Å². The van der Waals surface area contributed by atoms with Gasteiger partial charge in [0.25, 0.3) is 0 Å². The molecule has 2 amide bonds. The SMILES string of the molecule is O=C(CN1CCCC(C(=O)Nc2ccccc2)C1)NCCc1ccc(OC(F)F)cc1. The Bertz CT molecular complexity index is 847. The van der Waals surface area contributed by atoms with Gasteiger partial charge in [0.2, 0.25) is 11.8 Å². The summed E-state index contributed by atoms with van der Waals surface area (Å²) in [4.78, 5) is 26.8. The van der Waals surface area contributed by atoms with Crippen molar-refractivity contribution in [2.24, 2.45) is 5.92 Å². The minimum Gasteiger partial charge on any atom is -0.435 e. The van der Waals surface area contributed by atoms with E-state index in [1.807, 2.05) is 35.2 Å². The minimum atomic E-state index is -2.84. The lowest BCUT2D eigenvalue weighted by atomic mass is 9.97. The van der Waals surface area contributed by atoms with Crippen LogP contribution in [-0.2, 0) is 16.0 Å². The Hall–Kier alpha value is -3.00. The molecule has 0 aliphatic carbocycles. The molecule has 0 saturated carbocycles. The Morgan fingerprint density at radius 3 is 2.55 bits per heavy atom. The van der Waals surface area contributed by atoms with Gasteiger partial charge >= 0.3 is 6.61 Å². The Kier molecular flexibility index (Phi) is 8.35. The highest BCUT2D eigenvalue weighted by Gasteiger charge is 2.26. The number of para-hydroxylation sites is 1. The minimum absolute atomic E-state index is 0.0180. The van der Waals surface area contributed by atoms with Gasteiger partial charge in [0, 0.05) is 18.8 Å². The Labute approximate surface area is 180 Å². The normalized spacial score (nSPS) is 16.7. The van der Waals surface area contributed by atoms with E-state index in [4.69, 9.17) is 0 Å². The number of benzene rings is 2. The topological polar surface area (TPSA) is 70.7 Å². The zero-order valence-corrected chi connectivity index (χ0v) is 17.2. The molecule has 6 nitrogen and oxygen atoms in total. The third-order valence-corrected chi connectivity index (χ3v) is 5.17. The fraction of sp³-hybridized carbons (Fsp3) is 0.391. The molecule has 1 aliphatic heterocycles. The number of nitrogens with zero attached hydrogens (tertiary/aromatic N) is 1. The molecule has 1 unspecified atom stereocenters. The maximum atomic E-state index is 12.5. The number of anilines is 1. The van der Waals surface area contributed by atoms with Gasteiger partial charge in [0.05, 0.1) is 12.5 Å². The summed E-state index contributed by atoms with van der Waals surface area (Å²) in [5, 5.41) is 5.81. The van der Waals surface area contributed by atoms with Crippen molar-refractivity contribution in [3.63, 3.8) is 0 Å². The van der Waals surface area contributed by atoms with Crippen LogP contribution in [0.1, 0.15) is 18.4 Å². The number of amides is 2. The third-order valence-electron chi connectivity index (χ3n) is 5.17. The first-order chi connectivity index (χ1) is 15.0. The molecule has 2 aromatic rings. The number of piperidine rings is 1. The number of halogens is 2. The van der Waals surface area contributed by atoms with Gasteiger partial charge in [-0.15, -0.1) is 0 Å². The highest BCUT2D eigenvalue weighted by molar-refractivity contribution is 5.92. The summed E-state index contributed by atoms with van der Waals surface area (Å²) in [5.41, 5.74) is 1.69. The maximum absolute atomic E-state index is 12.5. The third kappa shape index (κ3) is 7.64. The first kappa shape index (κ1) is 22.7. The molecule has 1 fully saturated rings. The Morgan fingerprint density at radius 2 is 1.84 bits per heavy atom. The molecule has 2 N–H and O–H groups in total. The molecule has 1 saturated heterocycles. The van der Waals surface area contributed by atoms with Crippen LogP contribution in [0.3, 0.4) is 0 Å². The molecular weight excluding hydrogens is 404 g/mol. The quantitative estimate of drug-likeness (QED) is 0.639. The predicted molar refractivity (Wildman–Crippen MR) is 114 cm³/mol. The molecular formula is C23H27F2N3O3. The summed E-state index contributed by atoms with van der Waals surface area (Å²) in [5.74, 6) is -0.146. The number of carbonyl (C=O) groups is 2.